The summed E-state index contributed by atoms with van der Waals surface area (Å²) in [6.45, 7) is 5.78. The number of allylic oxidation sites excluding steroid dienone is 2. The summed E-state index contributed by atoms with van der Waals surface area (Å²) in [7, 11) is 0. The van der Waals surface area contributed by atoms with Gasteiger partial charge in [0.2, 0.25) is 5.82 Å². The van der Waals surface area contributed by atoms with Crippen molar-refractivity contribution in [1.82, 2.24) is 0 Å². The van der Waals surface area contributed by atoms with E-state index in [0.29, 0.717) is 29.9 Å². The molecule has 5 heteroatoms. The molecule has 4 rings (SSSR count). The molecule has 0 bridgehead atoms. The summed E-state index contributed by atoms with van der Waals surface area (Å²) in [5.41, 5.74) is 0.475. The van der Waals surface area contributed by atoms with Gasteiger partial charge in [0.1, 0.15) is 0 Å². The number of ether oxygens (including phenoxy) is 3. The lowest BCUT2D eigenvalue weighted by Gasteiger charge is -2.41. The van der Waals surface area contributed by atoms with Crippen molar-refractivity contribution >= 4 is 0 Å². The average molecular weight is 449 g/mol. The van der Waals surface area contributed by atoms with E-state index < -0.39 is 11.6 Å². The van der Waals surface area contributed by atoms with Crippen LogP contribution in [0.15, 0.2) is 24.3 Å². The van der Waals surface area contributed by atoms with Gasteiger partial charge in [-0.3, -0.25) is 0 Å². The molecule has 3 nitrogen and oxygen atoms in total. The van der Waals surface area contributed by atoms with Crippen LogP contribution in [-0.4, -0.2) is 26.1 Å². The molecule has 1 saturated heterocycles. The van der Waals surface area contributed by atoms with Crippen molar-refractivity contribution in [3.05, 3.63) is 41.5 Å². The van der Waals surface area contributed by atoms with Crippen LogP contribution in [0.4, 0.5) is 8.78 Å². The van der Waals surface area contributed by atoms with E-state index in [2.05, 4.69) is 19.1 Å². The fraction of sp³-hybridized carbons (Fsp3) is 0.704. The molecule has 1 heterocycles. The molecule has 0 amide bonds. The first kappa shape index (κ1) is 23.7. The number of hydrogen-bond donors (Lipinski definition) is 0. The summed E-state index contributed by atoms with van der Waals surface area (Å²) in [6.07, 6.45) is 13.0. The van der Waals surface area contributed by atoms with Crippen LogP contribution in [0, 0.1) is 35.3 Å². The van der Waals surface area contributed by atoms with Crippen LogP contribution < -0.4 is 4.74 Å². The zero-order valence-electron chi connectivity index (χ0n) is 19.5. The lowest BCUT2D eigenvalue weighted by atomic mass is 9.75. The Labute approximate surface area is 191 Å². The van der Waals surface area contributed by atoms with Crippen molar-refractivity contribution < 1.29 is 23.0 Å². The zero-order chi connectivity index (χ0) is 22.5. The van der Waals surface area contributed by atoms with Crippen molar-refractivity contribution in [2.24, 2.45) is 23.7 Å². The third-order valence-corrected chi connectivity index (χ3v) is 7.87. The highest BCUT2D eigenvalue weighted by atomic mass is 19.2. The highest BCUT2D eigenvalue weighted by Crippen LogP contribution is 2.42. The van der Waals surface area contributed by atoms with Crippen LogP contribution in [0.1, 0.15) is 76.7 Å². The Balaban J connectivity index is 1.24. The Morgan fingerprint density at radius 2 is 1.53 bits per heavy atom. The van der Waals surface area contributed by atoms with Crippen LogP contribution in [-0.2, 0) is 9.47 Å². The first-order valence-electron chi connectivity index (χ1n) is 12.6. The van der Waals surface area contributed by atoms with Crippen LogP contribution in [0.25, 0.3) is 0 Å². The van der Waals surface area contributed by atoms with Gasteiger partial charge >= 0.3 is 0 Å². The maximum absolute atomic E-state index is 14.6. The summed E-state index contributed by atoms with van der Waals surface area (Å²) in [6, 6.07) is 3.25. The third kappa shape index (κ3) is 5.36. The van der Waals surface area contributed by atoms with E-state index in [1.807, 2.05) is 0 Å². The molecule has 178 valence electrons. The highest BCUT2D eigenvalue weighted by molar-refractivity contribution is 5.33. The summed E-state index contributed by atoms with van der Waals surface area (Å²) in [5.74, 6) is 0.733. The van der Waals surface area contributed by atoms with Crippen LogP contribution in [0.2, 0.25) is 0 Å². The molecule has 0 atom stereocenters. The van der Waals surface area contributed by atoms with Gasteiger partial charge in [-0.1, -0.05) is 18.2 Å². The quantitative estimate of drug-likeness (QED) is 0.438. The number of rotatable bonds is 6. The fourth-order valence-electron chi connectivity index (χ4n) is 5.99. The molecule has 0 spiro atoms. The fourth-order valence-corrected chi connectivity index (χ4v) is 5.99. The molecule has 32 heavy (non-hydrogen) atoms. The standard InChI is InChI=1S/C27H38F2O3/c1-3-5-18-6-8-19(9-7-18)22-16-31-27(32-17-22)21-12-10-20(11-13-21)23-14-15-24(30-4-2)26(29)25(23)28/h3,5,14-15,18-22,27H,4,6-13,16-17H2,1-2H3. The van der Waals surface area contributed by atoms with Crippen molar-refractivity contribution in [3.8, 4) is 5.75 Å². The largest absolute Gasteiger partial charge is 0.491 e. The van der Waals surface area contributed by atoms with E-state index in [-0.39, 0.29) is 18.0 Å². The van der Waals surface area contributed by atoms with Crippen LogP contribution >= 0.6 is 0 Å². The van der Waals surface area contributed by atoms with E-state index in [1.54, 1.807) is 19.1 Å². The van der Waals surface area contributed by atoms with Gasteiger partial charge in [0.15, 0.2) is 17.9 Å². The van der Waals surface area contributed by atoms with E-state index in [9.17, 15) is 8.78 Å². The van der Waals surface area contributed by atoms with Crippen LogP contribution in [0.5, 0.6) is 5.75 Å². The predicted octanol–water partition coefficient (Wildman–Crippen LogP) is 7.01. The lowest BCUT2D eigenvalue weighted by Crippen LogP contribution is -2.41. The predicted molar refractivity (Wildman–Crippen MR) is 122 cm³/mol. The summed E-state index contributed by atoms with van der Waals surface area (Å²) >= 11 is 0. The van der Waals surface area contributed by atoms with E-state index in [4.69, 9.17) is 14.2 Å². The van der Waals surface area contributed by atoms with E-state index >= 15 is 0 Å². The van der Waals surface area contributed by atoms with Crippen molar-refractivity contribution in [1.29, 1.82) is 0 Å². The Morgan fingerprint density at radius 1 is 0.875 bits per heavy atom. The molecule has 0 radical (unpaired) electrons. The van der Waals surface area contributed by atoms with E-state index in [0.717, 1.165) is 44.8 Å². The first-order valence-corrected chi connectivity index (χ1v) is 12.6. The highest BCUT2D eigenvalue weighted by Gasteiger charge is 2.36. The van der Waals surface area contributed by atoms with Gasteiger partial charge < -0.3 is 14.2 Å². The topological polar surface area (TPSA) is 27.7 Å². The van der Waals surface area contributed by atoms with E-state index in [1.165, 1.54) is 25.7 Å². The minimum atomic E-state index is -0.865. The molecule has 0 N–H and O–H groups in total. The third-order valence-electron chi connectivity index (χ3n) is 7.87. The number of hydrogen-bond acceptors (Lipinski definition) is 3. The van der Waals surface area contributed by atoms with Gasteiger partial charge in [-0.15, -0.1) is 0 Å². The Hall–Kier alpha value is -1.46. The minimum Gasteiger partial charge on any atom is -0.491 e. The molecule has 3 aliphatic rings. The second-order valence-electron chi connectivity index (χ2n) is 9.82. The van der Waals surface area contributed by atoms with Gasteiger partial charge in [0, 0.05) is 11.8 Å². The second kappa shape index (κ2) is 11.1. The molecule has 1 aromatic rings. The maximum atomic E-state index is 14.6. The molecular formula is C27H38F2O3. The van der Waals surface area contributed by atoms with Crippen molar-refractivity contribution in [2.45, 2.75) is 77.4 Å². The van der Waals surface area contributed by atoms with Crippen molar-refractivity contribution in [3.63, 3.8) is 0 Å². The summed E-state index contributed by atoms with van der Waals surface area (Å²) in [4.78, 5) is 0. The lowest BCUT2D eigenvalue weighted by molar-refractivity contribution is -0.236. The number of halogens is 2. The van der Waals surface area contributed by atoms with Gasteiger partial charge in [0.25, 0.3) is 0 Å². The summed E-state index contributed by atoms with van der Waals surface area (Å²) < 4.78 is 46.4. The van der Waals surface area contributed by atoms with Crippen molar-refractivity contribution in [2.75, 3.05) is 19.8 Å². The van der Waals surface area contributed by atoms with Gasteiger partial charge in [-0.25, -0.2) is 4.39 Å². The molecule has 3 fully saturated rings. The molecule has 1 aromatic carbocycles. The monoisotopic (exact) mass is 448 g/mol. The Morgan fingerprint density at radius 3 is 2.16 bits per heavy atom. The van der Waals surface area contributed by atoms with Gasteiger partial charge in [-0.2, -0.15) is 4.39 Å². The summed E-state index contributed by atoms with van der Waals surface area (Å²) in [5, 5.41) is 0. The normalized spacial score (nSPS) is 34.0. The molecule has 1 aliphatic heterocycles. The zero-order valence-corrected chi connectivity index (χ0v) is 19.5. The second-order valence-corrected chi connectivity index (χ2v) is 9.82. The molecule has 2 saturated carbocycles. The Bertz CT molecular complexity index is 756. The molecule has 0 aromatic heterocycles. The number of benzene rings is 1. The molecular weight excluding hydrogens is 410 g/mol. The molecule has 0 unspecified atom stereocenters. The average Bonchev–Trinajstić information content (AvgIpc) is 2.83. The van der Waals surface area contributed by atoms with Crippen LogP contribution in [0.3, 0.4) is 0 Å². The Kier molecular flexibility index (Phi) is 8.22. The smallest absolute Gasteiger partial charge is 0.200 e. The first-order chi connectivity index (χ1) is 15.6. The van der Waals surface area contributed by atoms with Gasteiger partial charge in [0.05, 0.1) is 19.8 Å². The van der Waals surface area contributed by atoms with Gasteiger partial charge in [-0.05, 0) is 94.6 Å². The molecule has 2 aliphatic carbocycles. The SMILES string of the molecule is CC=CC1CCC(C2COC(C3CCC(c4ccc(OCC)c(F)c4F)CC3)OC2)CC1. The maximum Gasteiger partial charge on any atom is 0.200 e. The minimum absolute atomic E-state index is 0.00342.